The lowest BCUT2D eigenvalue weighted by Gasteiger charge is -2.29. The third kappa shape index (κ3) is 2.54. The fourth-order valence-electron chi connectivity index (χ4n) is 2.20. The third-order valence-electron chi connectivity index (χ3n) is 3.41. The van der Waals surface area contributed by atoms with E-state index in [-0.39, 0.29) is 36.5 Å². The summed E-state index contributed by atoms with van der Waals surface area (Å²) in [5.74, 6) is -1.72. The maximum absolute atomic E-state index is 12.4. The van der Waals surface area contributed by atoms with Gasteiger partial charge in [-0.25, -0.2) is 0 Å². The van der Waals surface area contributed by atoms with Crippen LogP contribution in [-0.4, -0.2) is 16.7 Å². The molecule has 1 fully saturated rings. The summed E-state index contributed by atoms with van der Waals surface area (Å²) in [5, 5.41) is 3.29. The minimum atomic E-state index is -4.62. The minimum Gasteiger partial charge on any atom is -0.351 e. The van der Waals surface area contributed by atoms with Gasteiger partial charge in [0, 0.05) is 25.3 Å². The van der Waals surface area contributed by atoms with E-state index in [0.717, 1.165) is 6.07 Å². The van der Waals surface area contributed by atoms with E-state index in [9.17, 15) is 22.8 Å². The third-order valence-corrected chi connectivity index (χ3v) is 3.41. The fourth-order valence-corrected chi connectivity index (χ4v) is 2.20. The van der Waals surface area contributed by atoms with Crippen molar-refractivity contribution in [3.8, 4) is 0 Å². The predicted molar refractivity (Wildman–Crippen MR) is 57.2 cm³/mol. The molecule has 1 aliphatic rings. The first-order chi connectivity index (χ1) is 8.73. The number of carbonyl (C=O) groups is 2. The molecule has 1 aromatic rings. The lowest BCUT2D eigenvalue weighted by Crippen LogP contribution is -2.41. The number of rotatable bonds is 2. The van der Waals surface area contributed by atoms with Crippen molar-refractivity contribution in [3.63, 3.8) is 0 Å². The van der Waals surface area contributed by atoms with Crippen LogP contribution in [0.15, 0.2) is 10.6 Å². The summed E-state index contributed by atoms with van der Waals surface area (Å²) in [4.78, 5) is 23.7. The molecule has 1 heterocycles. The zero-order valence-electron chi connectivity index (χ0n) is 10.2. The highest BCUT2D eigenvalue weighted by atomic mass is 19.4. The summed E-state index contributed by atoms with van der Waals surface area (Å²) >= 11 is 0. The first kappa shape index (κ1) is 13.8. The number of Topliss-reactive ketones (excluding diaryl/α,β-unsaturated/α-hetero) is 2. The largest absolute Gasteiger partial charge is 0.452 e. The molecule has 0 saturated heterocycles. The van der Waals surface area contributed by atoms with Gasteiger partial charge < -0.3 is 4.52 Å². The molecule has 7 heteroatoms. The van der Waals surface area contributed by atoms with Gasteiger partial charge in [0.1, 0.15) is 11.6 Å². The van der Waals surface area contributed by atoms with Crippen LogP contribution in [-0.2, 0) is 22.2 Å². The Labute approximate surface area is 106 Å². The lowest BCUT2D eigenvalue weighted by molar-refractivity contribution is -0.155. The average molecular weight is 275 g/mol. The van der Waals surface area contributed by atoms with Gasteiger partial charge in [0.25, 0.3) is 0 Å². The Morgan fingerprint density at radius 1 is 1.32 bits per heavy atom. The van der Waals surface area contributed by atoms with Crippen molar-refractivity contribution in [1.29, 1.82) is 0 Å². The van der Waals surface area contributed by atoms with Gasteiger partial charge in [-0.15, -0.1) is 0 Å². The molecule has 1 saturated carbocycles. The van der Waals surface area contributed by atoms with E-state index in [1.807, 2.05) is 0 Å². The topological polar surface area (TPSA) is 60.2 Å². The van der Waals surface area contributed by atoms with Crippen molar-refractivity contribution in [1.82, 2.24) is 5.16 Å². The predicted octanol–water partition coefficient (Wildman–Crippen LogP) is 2.56. The quantitative estimate of drug-likeness (QED) is 0.778. The minimum absolute atomic E-state index is 0.0292. The van der Waals surface area contributed by atoms with Crippen molar-refractivity contribution in [3.05, 3.63) is 17.5 Å². The van der Waals surface area contributed by atoms with E-state index < -0.39 is 17.4 Å². The van der Waals surface area contributed by atoms with Crippen molar-refractivity contribution < 1.29 is 27.3 Å². The first-order valence-corrected chi connectivity index (χ1v) is 5.83. The van der Waals surface area contributed by atoms with Crippen LogP contribution in [0.3, 0.4) is 0 Å². The molecule has 0 bridgehead atoms. The highest BCUT2D eigenvalue weighted by Gasteiger charge is 2.44. The monoisotopic (exact) mass is 275 g/mol. The number of alkyl halides is 3. The summed E-state index contributed by atoms with van der Waals surface area (Å²) in [6, 6.07) is 0.737. The number of aromatic nitrogens is 1. The maximum Gasteiger partial charge on any atom is 0.452 e. The van der Waals surface area contributed by atoms with Crippen LogP contribution in [0.5, 0.6) is 0 Å². The molecule has 0 aliphatic heterocycles. The molecule has 4 nitrogen and oxygen atoms in total. The van der Waals surface area contributed by atoms with Crippen molar-refractivity contribution in [2.45, 2.75) is 38.8 Å². The Morgan fingerprint density at radius 3 is 2.37 bits per heavy atom. The molecule has 0 aromatic carbocycles. The molecule has 0 atom stereocenters. The number of carbonyl (C=O) groups excluding carboxylic acids is 2. The second-order valence-electron chi connectivity index (χ2n) is 4.89. The van der Waals surface area contributed by atoms with Crippen LogP contribution in [0.1, 0.15) is 37.6 Å². The Balaban J connectivity index is 2.22. The summed E-state index contributed by atoms with van der Waals surface area (Å²) in [7, 11) is 0. The molecule has 0 N–H and O–H groups in total. The molecule has 104 valence electrons. The van der Waals surface area contributed by atoms with Crippen LogP contribution < -0.4 is 0 Å². The molecular formula is C12H12F3NO3. The van der Waals surface area contributed by atoms with E-state index in [1.165, 1.54) is 6.92 Å². The summed E-state index contributed by atoms with van der Waals surface area (Å²) in [6.45, 7) is 1.46. The van der Waals surface area contributed by atoms with Gasteiger partial charge in [-0.2, -0.15) is 13.2 Å². The highest BCUT2D eigenvalue weighted by molar-refractivity contribution is 6.08. The molecule has 2 rings (SSSR count). The molecule has 0 spiro atoms. The summed E-state index contributed by atoms with van der Waals surface area (Å²) in [6.07, 6.45) is -3.73. The normalized spacial score (nSPS) is 19.8. The van der Waals surface area contributed by atoms with Crippen molar-refractivity contribution in [2.24, 2.45) is 5.41 Å². The molecular weight excluding hydrogens is 263 g/mol. The summed E-state index contributed by atoms with van der Waals surface area (Å²) in [5.41, 5.74) is -1.31. The second-order valence-corrected chi connectivity index (χ2v) is 4.89. The van der Waals surface area contributed by atoms with E-state index in [4.69, 9.17) is 0 Å². The van der Waals surface area contributed by atoms with Crippen LogP contribution in [0.2, 0.25) is 0 Å². The molecule has 0 amide bonds. The van der Waals surface area contributed by atoms with Gasteiger partial charge in [0.05, 0.1) is 11.1 Å². The zero-order valence-corrected chi connectivity index (χ0v) is 10.2. The van der Waals surface area contributed by atoms with Gasteiger partial charge in [-0.05, 0) is 13.3 Å². The molecule has 1 aliphatic carbocycles. The average Bonchev–Trinajstić information content (AvgIpc) is 2.74. The van der Waals surface area contributed by atoms with Crippen LogP contribution >= 0.6 is 0 Å². The van der Waals surface area contributed by atoms with Crippen LogP contribution in [0, 0.1) is 5.41 Å². The smallest absolute Gasteiger partial charge is 0.351 e. The van der Waals surface area contributed by atoms with E-state index in [2.05, 4.69) is 9.68 Å². The van der Waals surface area contributed by atoms with Crippen molar-refractivity contribution >= 4 is 11.6 Å². The Hall–Kier alpha value is -1.66. The SMILES string of the molecule is CC1(Cc2cc(C(F)(F)F)on2)C(=O)CCCC1=O. The lowest BCUT2D eigenvalue weighted by atomic mass is 9.71. The van der Waals surface area contributed by atoms with Gasteiger partial charge >= 0.3 is 6.18 Å². The molecule has 0 unspecified atom stereocenters. The molecule has 0 radical (unpaired) electrons. The molecule has 19 heavy (non-hydrogen) atoms. The Morgan fingerprint density at radius 2 is 1.89 bits per heavy atom. The van der Waals surface area contributed by atoms with E-state index >= 15 is 0 Å². The number of hydrogen-bond acceptors (Lipinski definition) is 4. The van der Waals surface area contributed by atoms with Crippen LogP contribution in [0.25, 0.3) is 0 Å². The Bertz CT molecular complexity index is 503. The zero-order chi connectivity index (χ0) is 14.3. The maximum atomic E-state index is 12.4. The van der Waals surface area contributed by atoms with E-state index in [1.54, 1.807) is 0 Å². The summed E-state index contributed by atoms with van der Waals surface area (Å²) < 4.78 is 41.3. The van der Waals surface area contributed by atoms with Gasteiger partial charge in [0.15, 0.2) is 0 Å². The van der Waals surface area contributed by atoms with Crippen molar-refractivity contribution in [2.75, 3.05) is 0 Å². The highest BCUT2D eigenvalue weighted by Crippen LogP contribution is 2.35. The van der Waals surface area contributed by atoms with Gasteiger partial charge in [-0.3, -0.25) is 9.59 Å². The van der Waals surface area contributed by atoms with E-state index in [0.29, 0.717) is 6.42 Å². The number of ketones is 2. The molecule has 1 aromatic heterocycles. The number of nitrogens with zero attached hydrogens (tertiary/aromatic N) is 1. The standard InChI is InChI=1S/C12H12F3NO3/c1-11(8(17)3-2-4-9(11)18)6-7-5-10(19-16-7)12(13,14)15/h5H,2-4,6H2,1H3. The first-order valence-electron chi connectivity index (χ1n) is 5.83. The Kier molecular flexibility index (Phi) is 3.24. The second kappa shape index (κ2) is 4.47. The number of hydrogen-bond donors (Lipinski definition) is 0. The van der Waals surface area contributed by atoms with Crippen LogP contribution in [0.4, 0.5) is 13.2 Å². The number of halogens is 3. The van der Waals surface area contributed by atoms with Gasteiger partial charge in [0.2, 0.25) is 5.76 Å². The van der Waals surface area contributed by atoms with Gasteiger partial charge in [-0.1, -0.05) is 5.16 Å². The fraction of sp³-hybridized carbons (Fsp3) is 0.583.